The standard InChI is InChI=1S/C11H13ClN2O3/c12-9-3-7-1-2-16-11(7)8(4-9)5-14-17-6-10(13)15/h3-4,14H,1-2,5-6H2,(H2,13,15). The van der Waals surface area contributed by atoms with Gasteiger partial charge in [0.2, 0.25) is 5.91 Å². The van der Waals surface area contributed by atoms with E-state index in [-0.39, 0.29) is 6.61 Å². The van der Waals surface area contributed by atoms with Crippen molar-refractivity contribution >= 4 is 17.5 Å². The highest BCUT2D eigenvalue weighted by atomic mass is 35.5. The summed E-state index contributed by atoms with van der Waals surface area (Å²) < 4.78 is 5.52. The molecule has 17 heavy (non-hydrogen) atoms. The fourth-order valence-electron chi connectivity index (χ4n) is 1.73. The highest BCUT2D eigenvalue weighted by Crippen LogP contribution is 2.32. The van der Waals surface area contributed by atoms with Crippen molar-refractivity contribution in [2.45, 2.75) is 13.0 Å². The summed E-state index contributed by atoms with van der Waals surface area (Å²) in [6, 6.07) is 3.71. The molecule has 0 radical (unpaired) electrons. The van der Waals surface area contributed by atoms with Gasteiger partial charge in [0.1, 0.15) is 12.4 Å². The summed E-state index contributed by atoms with van der Waals surface area (Å²) in [5, 5.41) is 0.668. The topological polar surface area (TPSA) is 73.6 Å². The minimum Gasteiger partial charge on any atom is -0.493 e. The number of hydrogen-bond acceptors (Lipinski definition) is 4. The number of hydrogen-bond donors (Lipinski definition) is 2. The molecular formula is C11H13ClN2O3. The van der Waals surface area contributed by atoms with Gasteiger partial charge < -0.3 is 10.5 Å². The summed E-state index contributed by atoms with van der Waals surface area (Å²) in [7, 11) is 0. The Labute approximate surface area is 104 Å². The average Bonchev–Trinajstić information content (AvgIpc) is 2.71. The van der Waals surface area contributed by atoms with Gasteiger partial charge in [0, 0.05) is 23.6 Å². The molecule has 0 bridgehead atoms. The number of carbonyl (C=O) groups is 1. The van der Waals surface area contributed by atoms with Gasteiger partial charge in [-0.15, -0.1) is 0 Å². The van der Waals surface area contributed by atoms with E-state index in [9.17, 15) is 4.79 Å². The Morgan fingerprint density at radius 1 is 1.59 bits per heavy atom. The van der Waals surface area contributed by atoms with Crippen LogP contribution >= 0.6 is 11.6 Å². The van der Waals surface area contributed by atoms with Crippen LogP contribution in [0.15, 0.2) is 12.1 Å². The first kappa shape index (κ1) is 12.2. The van der Waals surface area contributed by atoms with Gasteiger partial charge >= 0.3 is 0 Å². The molecule has 5 nitrogen and oxygen atoms in total. The molecule has 1 aromatic rings. The summed E-state index contributed by atoms with van der Waals surface area (Å²) >= 11 is 5.99. The van der Waals surface area contributed by atoms with Crippen LogP contribution in [0.1, 0.15) is 11.1 Å². The van der Waals surface area contributed by atoms with E-state index >= 15 is 0 Å². The highest BCUT2D eigenvalue weighted by molar-refractivity contribution is 6.30. The molecule has 0 saturated carbocycles. The molecule has 0 aromatic heterocycles. The van der Waals surface area contributed by atoms with Crippen molar-refractivity contribution in [1.29, 1.82) is 0 Å². The molecule has 0 unspecified atom stereocenters. The number of amides is 1. The number of benzene rings is 1. The van der Waals surface area contributed by atoms with Crippen molar-refractivity contribution in [3.05, 3.63) is 28.3 Å². The smallest absolute Gasteiger partial charge is 0.245 e. The van der Waals surface area contributed by atoms with Crippen molar-refractivity contribution in [2.75, 3.05) is 13.2 Å². The van der Waals surface area contributed by atoms with E-state index in [1.54, 1.807) is 0 Å². The molecule has 1 aliphatic rings. The average molecular weight is 257 g/mol. The maximum Gasteiger partial charge on any atom is 0.245 e. The number of fused-ring (bicyclic) bond motifs is 1. The van der Waals surface area contributed by atoms with Crippen LogP contribution in [0.3, 0.4) is 0 Å². The molecule has 2 rings (SSSR count). The number of hydroxylamine groups is 1. The minimum atomic E-state index is -0.523. The summed E-state index contributed by atoms with van der Waals surface area (Å²) in [6.45, 7) is 0.921. The quantitative estimate of drug-likeness (QED) is 0.603. The number of carbonyl (C=O) groups excluding carboxylic acids is 1. The number of ether oxygens (including phenoxy) is 1. The van der Waals surface area contributed by atoms with Crippen molar-refractivity contribution < 1.29 is 14.4 Å². The first-order valence-electron chi connectivity index (χ1n) is 5.24. The van der Waals surface area contributed by atoms with Crippen LogP contribution in [0.4, 0.5) is 0 Å². The van der Waals surface area contributed by atoms with Gasteiger partial charge in [0.15, 0.2) is 0 Å². The summed E-state index contributed by atoms with van der Waals surface area (Å²) in [4.78, 5) is 15.3. The number of primary amides is 1. The molecule has 6 heteroatoms. The molecule has 1 amide bonds. The molecule has 1 aliphatic heterocycles. The van der Waals surface area contributed by atoms with Crippen molar-refractivity contribution in [3.63, 3.8) is 0 Å². The minimum absolute atomic E-state index is 0.163. The second kappa shape index (κ2) is 5.35. The van der Waals surface area contributed by atoms with Gasteiger partial charge in [-0.25, -0.2) is 0 Å². The van der Waals surface area contributed by atoms with Gasteiger partial charge in [0.05, 0.1) is 6.61 Å². The first-order chi connectivity index (χ1) is 8.16. The maximum atomic E-state index is 10.5. The molecule has 92 valence electrons. The van der Waals surface area contributed by atoms with Gasteiger partial charge in [-0.05, 0) is 17.7 Å². The van der Waals surface area contributed by atoms with Crippen molar-refractivity contribution in [1.82, 2.24) is 5.48 Å². The fraction of sp³-hybridized carbons (Fsp3) is 0.364. The molecule has 0 fully saturated rings. The van der Waals surface area contributed by atoms with E-state index in [2.05, 4.69) is 5.48 Å². The van der Waals surface area contributed by atoms with E-state index in [0.717, 1.165) is 23.3 Å². The monoisotopic (exact) mass is 256 g/mol. The molecule has 3 N–H and O–H groups in total. The second-order valence-corrected chi connectivity index (χ2v) is 4.16. The Morgan fingerprint density at radius 2 is 2.41 bits per heavy atom. The highest BCUT2D eigenvalue weighted by Gasteiger charge is 2.17. The number of nitrogens with two attached hydrogens (primary N) is 1. The summed E-state index contributed by atoms with van der Waals surface area (Å²) in [6.07, 6.45) is 0.866. The lowest BCUT2D eigenvalue weighted by Gasteiger charge is -2.09. The molecule has 1 heterocycles. The first-order valence-corrected chi connectivity index (χ1v) is 5.61. The molecule has 0 aliphatic carbocycles. The van der Waals surface area contributed by atoms with E-state index in [1.807, 2.05) is 12.1 Å². The van der Waals surface area contributed by atoms with E-state index in [4.69, 9.17) is 26.9 Å². The van der Waals surface area contributed by atoms with E-state index in [1.165, 1.54) is 0 Å². The van der Waals surface area contributed by atoms with Gasteiger partial charge in [-0.3, -0.25) is 9.63 Å². The van der Waals surface area contributed by atoms with E-state index in [0.29, 0.717) is 18.2 Å². The van der Waals surface area contributed by atoms with Gasteiger partial charge in [-0.1, -0.05) is 11.6 Å². The number of nitrogens with one attached hydrogen (secondary N) is 1. The third kappa shape index (κ3) is 3.09. The predicted octanol–water partition coefficient (Wildman–Crippen LogP) is 0.781. The fourth-order valence-corrected chi connectivity index (χ4v) is 1.99. The Balaban J connectivity index is 1.98. The molecule has 0 saturated heterocycles. The van der Waals surface area contributed by atoms with E-state index < -0.39 is 5.91 Å². The molecule has 0 atom stereocenters. The molecular weight excluding hydrogens is 244 g/mol. The third-order valence-electron chi connectivity index (χ3n) is 2.40. The zero-order valence-corrected chi connectivity index (χ0v) is 9.92. The normalized spacial score (nSPS) is 13.2. The van der Waals surface area contributed by atoms with Crippen LogP contribution in [-0.2, 0) is 22.6 Å². The lowest BCUT2D eigenvalue weighted by atomic mass is 10.1. The number of rotatable bonds is 5. The van der Waals surface area contributed by atoms with Crippen LogP contribution < -0.4 is 16.0 Å². The largest absolute Gasteiger partial charge is 0.493 e. The van der Waals surface area contributed by atoms with Crippen molar-refractivity contribution in [3.8, 4) is 5.75 Å². The molecule has 0 spiro atoms. The zero-order chi connectivity index (χ0) is 12.3. The zero-order valence-electron chi connectivity index (χ0n) is 9.16. The number of halogens is 1. The Hall–Kier alpha value is -1.30. The van der Waals surface area contributed by atoms with Gasteiger partial charge in [0.25, 0.3) is 0 Å². The van der Waals surface area contributed by atoms with Crippen LogP contribution in [0.2, 0.25) is 5.02 Å². The predicted molar refractivity (Wildman–Crippen MR) is 62.6 cm³/mol. The lowest BCUT2D eigenvalue weighted by Crippen LogP contribution is -2.24. The SMILES string of the molecule is NC(=O)CONCc1cc(Cl)cc2c1OCC2. The van der Waals surface area contributed by atoms with Crippen LogP contribution in [0.25, 0.3) is 0 Å². The molecule has 1 aromatic carbocycles. The van der Waals surface area contributed by atoms with Crippen molar-refractivity contribution in [2.24, 2.45) is 5.73 Å². The lowest BCUT2D eigenvalue weighted by molar-refractivity contribution is -0.125. The van der Waals surface area contributed by atoms with Crippen LogP contribution in [-0.4, -0.2) is 19.1 Å². The second-order valence-electron chi connectivity index (χ2n) is 3.73. The summed E-state index contributed by atoms with van der Waals surface area (Å²) in [5.41, 5.74) is 9.60. The Morgan fingerprint density at radius 3 is 3.18 bits per heavy atom. The Kier molecular flexibility index (Phi) is 3.83. The summed E-state index contributed by atoms with van der Waals surface area (Å²) in [5.74, 6) is 0.328. The Bertz CT molecular complexity index is 437. The maximum absolute atomic E-state index is 10.5. The third-order valence-corrected chi connectivity index (χ3v) is 2.62. The van der Waals surface area contributed by atoms with Crippen LogP contribution in [0.5, 0.6) is 5.75 Å². The van der Waals surface area contributed by atoms with Crippen LogP contribution in [0, 0.1) is 0 Å². The van der Waals surface area contributed by atoms with Gasteiger partial charge in [-0.2, -0.15) is 5.48 Å².